The van der Waals surface area contributed by atoms with Gasteiger partial charge in [0.2, 0.25) is 21.9 Å². The van der Waals surface area contributed by atoms with Gasteiger partial charge in [-0.3, -0.25) is 0 Å². The van der Waals surface area contributed by atoms with Gasteiger partial charge in [0.1, 0.15) is 10.6 Å². The number of nitrogens with one attached hydrogen (secondary N) is 1. The molecule has 0 aliphatic carbocycles. The van der Waals surface area contributed by atoms with Crippen molar-refractivity contribution in [1.82, 2.24) is 19.7 Å². The molecule has 2 saturated heterocycles. The first kappa shape index (κ1) is 21.7. The van der Waals surface area contributed by atoms with Crippen LogP contribution < -0.4 is 19.3 Å². The standard InChI is InChI=1S/C20H28N6O4S/c1-15-5-6-16(29-2)17(13-15)31(27,28)21-14-18-22-19(25-7-3-4-8-25)24-20(23-18)26-9-11-30-12-10-26/h5-6,13,21H,3-4,7-12,14H2,1-2H3. The van der Waals surface area contributed by atoms with E-state index < -0.39 is 10.0 Å². The minimum absolute atomic E-state index is 0.0415. The number of hydrogen-bond acceptors (Lipinski definition) is 9. The summed E-state index contributed by atoms with van der Waals surface area (Å²) in [6, 6.07) is 5.04. The van der Waals surface area contributed by atoms with E-state index in [-0.39, 0.29) is 11.4 Å². The van der Waals surface area contributed by atoms with E-state index in [1.807, 2.05) is 11.8 Å². The normalized spacial score (nSPS) is 17.2. The Balaban J connectivity index is 1.59. The molecular formula is C20H28N6O4S. The van der Waals surface area contributed by atoms with Crippen LogP contribution in [0.25, 0.3) is 0 Å². The van der Waals surface area contributed by atoms with E-state index in [4.69, 9.17) is 9.47 Å². The van der Waals surface area contributed by atoms with Gasteiger partial charge in [-0.25, -0.2) is 13.1 Å². The maximum atomic E-state index is 13.0. The lowest BCUT2D eigenvalue weighted by molar-refractivity contribution is 0.122. The van der Waals surface area contributed by atoms with Crippen molar-refractivity contribution in [1.29, 1.82) is 0 Å². The van der Waals surface area contributed by atoms with Crippen molar-refractivity contribution >= 4 is 21.9 Å². The molecule has 1 aromatic carbocycles. The Morgan fingerprint density at radius 2 is 1.68 bits per heavy atom. The fourth-order valence-electron chi connectivity index (χ4n) is 3.67. The molecule has 0 bridgehead atoms. The summed E-state index contributed by atoms with van der Waals surface area (Å²) >= 11 is 0. The van der Waals surface area contributed by atoms with Crippen molar-refractivity contribution in [2.75, 3.05) is 56.3 Å². The quantitative estimate of drug-likeness (QED) is 0.666. The van der Waals surface area contributed by atoms with Crippen LogP contribution >= 0.6 is 0 Å². The number of sulfonamides is 1. The van der Waals surface area contributed by atoms with Gasteiger partial charge in [-0.1, -0.05) is 6.07 Å². The molecule has 0 atom stereocenters. The SMILES string of the molecule is COc1ccc(C)cc1S(=O)(=O)NCc1nc(N2CCCC2)nc(N2CCOCC2)n1. The summed E-state index contributed by atoms with van der Waals surface area (Å²) in [5.74, 6) is 1.83. The van der Waals surface area contributed by atoms with E-state index in [1.54, 1.807) is 18.2 Å². The van der Waals surface area contributed by atoms with Crippen molar-refractivity contribution in [3.05, 3.63) is 29.6 Å². The zero-order valence-electron chi connectivity index (χ0n) is 17.9. The average molecular weight is 449 g/mol. The van der Waals surface area contributed by atoms with E-state index >= 15 is 0 Å². The zero-order valence-corrected chi connectivity index (χ0v) is 18.7. The Morgan fingerprint density at radius 1 is 1.03 bits per heavy atom. The number of aryl methyl sites for hydroxylation is 1. The third kappa shape index (κ3) is 5.05. The summed E-state index contributed by atoms with van der Waals surface area (Å²) in [4.78, 5) is 18.0. The molecule has 2 fully saturated rings. The van der Waals surface area contributed by atoms with E-state index in [9.17, 15) is 8.42 Å². The van der Waals surface area contributed by atoms with Crippen LogP contribution in [-0.2, 0) is 21.3 Å². The highest BCUT2D eigenvalue weighted by Crippen LogP contribution is 2.25. The molecule has 2 aliphatic heterocycles. The average Bonchev–Trinajstić information content (AvgIpc) is 3.33. The fourth-order valence-corrected chi connectivity index (χ4v) is 4.90. The summed E-state index contributed by atoms with van der Waals surface area (Å²) in [6.45, 7) is 6.17. The second-order valence-electron chi connectivity index (χ2n) is 7.62. The molecule has 0 radical (unpaired) electrons. The minimum Gasteiger partial charge on any atom is -0.495 e. The van der Waals surface area contributed by atoms with Gasteiger partial charge < -0.3 is 19.3 Å². The number of aromatic nitrogens is 3. The van der Waals surface area contributed by atoms with Crippen molar-refractivity contribution in [2.45, 2.75) is 31.2 Å². The highest BCUT2D eigenvalue weighted by Gasteiger charge is 2.23. The lowest BCUT2D eigenvalue weighted by Gasteiger charge is -2.28. The molecule has 1 N–H and O–H groups in total. The lowest BCUT2D eigenvalue weighted by Crippen LogP contribution is -2.38. The van der Waals surface area contributed by atoms with Gasteiger partial charge in [0.25, 0.3) is 0 Å². The summed E-state index contributed by atoms with van der Waals surface area (Å²) < 4.78 is 39.2. The minimum atomic E-state index is -3.82. The van der Waals surface area contributed by atoms with Crippen molar-refractivity contribution < 1.29 is 17.9 Å². The van der Waals surface area contributed by atoms with E-state index in [0.717, 1.165) is 31.5 Å². The first-order valence-electron chi connectivity index (χ1n) is 10.4. The molecule has 168 valence electrons. The Morgan fingerprint density at radius 3 is 2.32 bits per heavy atom. The zero-order chi connectivity index (χ0) is 21.8. The third-order valence-electron chi connectivity index (χ3n) is 5.37. The first-order chi connectivity index (χ1) is 15.0. The van der Waals surface area contributed by atoms with Crippen molar-refractivity contribution in [3.63, 3.8) is 0 Å². The van der Waals surface area contributed by atoms with Crippen LogP contribution in [0.1, 0.15) is 24.2 Å². The number of anilines is 2. The Kier molecular flexibility index (Phi) is 6.54. The molecule has 1 aromatic heterocycles. The van der Waals surface area contributed by atoms with E-state index in [2.05, 4.69) is 24.6 Å². The van der Waals surface area contributed by atoms with Gasteiger partial charge >= 0.3 is 0 Å². The molecule has 0 amide bonds. The Labute approximate surface area is 182 Å². The summed E-state index contributed by atoms with van der Waals surface area (Å²) in [7, 11) is -2.36. The molecule has 4 rings (SSSR count). The number of hydrogen-bond donors (Lipinski definition) is 1. The molecule has 2 aromatic rings. The van der Waals surface area contributed by atoms with Crippen LogP contribution in [0.5, 0.6) is 5.75 Å². The highest BCUT2D eigenvalue weighted by molar-refractivity contribution is 7.89. The maximum Gasteiger partial charge on any atom is 0.244 e. The number of rotatable bonds is 7. The van der Waals surface area contributed by atoms with Crippen LogP contribution in [0.15, 0.2) is 23.1 Å². The number of benzene rings is 1. The molecular weight excluding hydrogens is 420 g/mol. The van der Waals surface area contributed by atoms with Crippen LogP contribution in [0.3, 0.4) is 0 Å². The van der Waals surface area contributed by atoms with Crippen LogP contribution in [-0.4, -0.2) is 69.9 Å². The monoisotopic (exact) mass is 448 g/mol. The van der Waals surface area contributed by atoms with E-state index in [0.29, 0.717) is 49.8 Å². The maximum absolute atomic E-state index is 13.0. The highest BCUT2D eigenvalue weighted by atomic mass is 32.2. The summed E-state index contributed by atoms with van der Waals surface area (Å²) in [6.07, 6.45) is 2.18. The van der Waals surface area contributed by atoms with Crippen molar-refractivity contribution in [2.24, 2.45) is 0 Å². The number of ether oxygens (including phenoxy) is 2. The second kappa shape index (κ2) is 9.33. The van der Waals surface area contributed by atoms with Crippen LogP contribution in [0, 0.1) is 6.92 Å². The predicted octanol–water partition coefficient (Wildman–Crippen LogP) is 1.10. The second-order valence-corrected chi connectivity index (χ2v) is 9.36. The van der Waals surface area contributed by atoms with Gasteiger partial charge in [-0.15, -0.1) is 0 Å². The van der Waals surface area contributed by atoms with Crippen LogP contribution in [0.2, 0.25) is 0 Å². The lowest BCUT2D eigenvalue weighted by atomic mass is 10.2. The first-order valence-corrected chi connectivity index (χ1v) is 11.9. The van der Waals surface area contributed by atoms with Gasteiger partial charge in [0.15, 0.2) is 5.82 Å². The Hall–Kier alpha value is -2.50. The molecule has 11 heteroatoms. The van der Waals surface area contributed by atoms with E-state index in [1.165, 1.54) is 7.11 Å². The number of methoxy groups -OCH3 is 1. The topological polar surface area (TPSA) is 110 Å². The molecule has 0 spiro atoms. The van der Waals surface area contributed by atoms with Gasteiger partial charge in [0, 0.05) is 26.2 Å². The third-order valence-corrected chi connectivity index (χ3v) is 6.79. The van der Waals surface area contributed by atoms with Gasteiger partial charge in [-0.2, -0.15) is 15.0 Å². The van der Waals surface area contributed by atoms with Crippen LogP contribution in [0.4, 0.5) is 11.9 Å². The van der Waals surface area contributed by atoms with Crippen molar-refractivity contribution in [3.8, 4) is 5.75 Å². The summed E-state index contributed by atoms with van der Waals surface area (Å²) in [5, 5.41) is 0. The Bertz CT molecular complexity index is 1020. The fraction of sp³-hybridized carbons (Fsp3) is 0.550. The molecule has 3 heterocycles. The molecule has 0 saturated carbocycles. The smallest absolute Gasteiger partial charge is 0.244 e. The number of nitrogens with zero attached hydrogens (tertiary/aromatic N) is 5. The molecule has 10 nitrogen and oxygen atoms in total. The van der Waals surface area contributed by atoms with Gasteiger partial charge in [-0.05, 0) is 37.5 Å². The summed E-state index contributed by atoms with van der Waals surface area (Å²) in [5.41, 5.74) is 0.826. The number of morpholine rings is 1. The molecule has 0 unspecified atom stereocenters. The molecule has 31 heavy (non-hydrogen) atoms. The largest absolute Gasteiger partial charge is 0.495 e. The predicted molar refractivity (Wildman–Crippen MR) is 116 cm³/mol. The molecule has 2 aliphatic rings. The van der Waals surface area contributed by atoms with Gasteiger partial charge in [0.05, 0.1) is 26.9 Å².